The zero-order valence-corrected chi connectivity index (χ0v) is 23.9. The van der Waals surface area contributed by atoms with Crippen LogP contribution in [0.4, 0.5) is 0 Å². The van der Waals surface area contributed by atoms with Crippen molar-refractivity contribution in [3.63, 3.8) is 0 Å². The summed E-state index contributed by atoms with van der Waals surface area (Å²) in [7, 11) is 0.405. The van der Waals surface area contributed by atoms with E-state index in [0.717, 1.165) is 32.5 Å². The van der Waals surface area contributed by atoms with E-state index in [-0.39, 0.29) is 0 Å². The summed E-state index contributed by atoms with van der Waals surface area (Å²) in [6.45, 7) is 7.42. The first-order chi connectivity index (χ1) is 17.4. The molecule has 2 nitrogen and oxygen atoms in total. The van der Waals surface area contributed by atoms with Crippen LogP contribution in [-0.2, 0) is 6.16 Å². The second kappa shape index (κ2) is 9.93. The minimum absolute atomic E-state index is 0.346. The summed E-state index contributed by atoms with van der Waals surface area (Å²) in [5.41, 5.74) is 4.42. The van der Waals surface area contributed by atoms with Crippen molar-refractivity contribution in [3.8, 4) is 0 Å². The number of aromatic nitrogens is 2. The fraction of sp³-hybridized carbons (Fsp3) is 0.500. The van der Waals surface area contributed by atoms with E-state index in [1.807, 2.05) is 12.4 Å². The average molecular weight is 515 g/mol. The van der Waals surface area contributed by atoms with Gasteiger partial charge in [0.1, 0.15) is 0 Å². The van der Waals surface area contributed by atoms with Gasteiger partial charge in [-0.15, -0.1) is 8.58 Å². The number of rotatable bonds is 7. The summed E-state index contributed by atoms with van der Waals surface area (Å²) in [6.07, 6.45) is 18.0. The van der Waals surface area contributed by atoms with E-state index in [2.05, 4.69) is 91.7 Å². The van der Waals surface area contributed by atoms with Gasteiger partial charge in [0.05, 0.1) is 0 Å². The Morgan fingerprint density at radius 1 is 0.833 bits per heavy atom. The average Bonchev–Trinajstić information content (AvgIpc) is 2.86. The van der Waals surface area contributed by atoms with Gasteiger partial charge in [-0.05, 0) is 109 Å². The van der Waals surface area contributed by atoms with Crippen LogP contribution in [0.3, 0.4) is 0 Å². The normalized spacial score (nSPS) is 28.3. The molecule has 0 spiro atoms. The first-order valence-corrected chi connectivity index (χ1v) is 16.4. The molecule has 3 aromatic rings. The van der Waals surface area contributed by atoms with E-state index in [9.17, 15) is 0 Å². The van der Waals surface area contributed by atoms with Crippen LogP contribution in [0, 0.1) is 23.2 Å². The molecule has 36 heavy (non-hydrogen) atoms. The first kappa shape index (κ1) is 24.7. The van der Waals surface area contributed by atoms with Crippen molar-refractivity contribution in [2.45, 2.75) is 76.3 Å². The molecule has 2 aromatic heterocycles. The number of hydrogen-bond donors (Lipinski definition) is 0. The van der Waals surface area contributed by atoms with Gasteiger partial charge in [0.2, 0.25) is 0 Å². The molecule has 4 aliphatic rings. The van der Waals surface area contributed by atoms with Crippen molar-refractivity contribution in [2.75, 3.05) is 0 Å². The predicted octanol–water partition coefficient (Wildman–Crippen LogP) is 7.84. The molecule has 0 N–H and O–H groups in total. The van der Waals surface area contributed by atoms with Gasteiger partial charge in [0.15, 0.2) is 0 Å². The van der Waals surface area contributed by atoms with Crippen LogP contribution >= 0.6 is 16.5 Å². The Hall–Kier alpha value is -1.62. The van der Waals surface area contributed by atoms with Crippen molar-refractivity contribution < 1.29 is 0 Å². The molecular formula is C32H40N2P2. The molecule has 4 heteroatoms. The highest BCUT2D eigenvalue weighted by Crippen LogP contribution is 2.69. The Bertz CT molecular complexity index is 1100. The molecule has 2 unspecified atom stereocenters. The fourth-order valence-corrected chi connectivity index (χ4v) is 12.2. The number of benzene rings is 1. The summed E-state index contributed by atoms with van der Waals surface area (Å²) < 4.78 is 0. The molecule has 0 aliphatic heterocycles. The summed E-state index contributed by atoms with van der Waals surface area (Å²) >= 11 is 0. The molecule has 0 saturated heterocycles. The molecule has 0 amide bonds. The van der Waals surface area contributed by atoms with Crippen LogP contribution in [-0.4, -0.2) is 15.1 Å². The standard InChI is InChI=1S/C32H40N2P2/c1-31(2,3)35-30(32-17-23-14-24(18-32)16-25(15-23)19-32)29-11-5-4-8-26(29)22-36(27-9-6-12-33-20-27)28-10-7-13-34-21-28/h4-13,20-21,23-25,30,35H,14-19,22H2,1-3H3. The number of nitrogens with zero attached hydrogens (tertiary/aromatic N) is 2. The predicted molar refractivity (Wildman–Crippen MR) is 156 cm³/mol. The molecule has 4 saturated carbocycles. The lowest BCUT2D eigenvalue weighted by molar-refractivity contribution is -0.0548. The Kier molecular flexibility index (Phi) is 6.81. The third-order valence-corrected chi connectivity index (χ3v) is 13.4. The second-order valence-electron chi connectivity index (χ2n) is 12.8. The monoisotopic (exact) mass is 514 g/mol. The van der Waals surface area contributed by atoms with Gasteiger partial charge in [-0.3, -0.25) is 9.97 Å². The van der Waals surface area contributed by atoms with Gasteiger partial charge in [0, 0.05) is 36.6 Å². The zero-order valence-electron chi connectivity index (χ0n) is 22.0. The topological polar surface area (TPSA) is 25.8 Å². The fourth-order valence-electron chi connectivity index (χ4n) is 8.01. The quantitative estimate of drug-likeness (QED) is 0.300. The molecule has 7 rings (SSSR count). The Morgan fingerprint density at radius 3 is 1.89 bits per heavy atom. The van der Waals surface area contributed by atoms with E-state index in [1.165, 1.54) is 49.1 Å². The lowest BCUT2D eigenvalue weighted by Gasteiger charge is -2.60. The van der Waals surface area contributed by atoms with Gasteiger partial charge in [-0.1, -0.05) is 57.2 Å². The van der Waals surface area contributed by atoms with Crippen LogP contribution in [0.25, 0.3) is 0 Å². The van der Waals surface area contributed by atoms with Crippen LogP contribution in [0.1, 0.15) is 76.1 Å². The van der Waals surface area contributed by atoms with E-state index in [0.29, 0.717) is 16.2 Å². The van der Waals surface area contributed by atoms with E-state index in [1.54, 1.807) is 11.1 Å². The first-order valence-electron chi connectivity index (χ1n) is 13.8. The lowest BCUT2D eigenvalue weighted by Crippen LogP contribution is -2.48. The van der Waals surface area contributed by atoms with Gasteiger partial charge in [-0.2, -0.15) is 0 Å². The number of hydrogen-bond acceptors (Lipinski definition) is 2. The summed E-state index contributed by atoms with van der Waals surface area (Å²) in [4.78, 5) is 9.01. The zero-order chi connectivity index (χ0) is 24.8. The highest BCUT2D eigenvalue weighted by atomic mass is 31.1. The molecular weight excluding hydrogens is 474 g/mol. The van der Waals surface area contributed by atoms with Crippen LogP contribution < -0.4 is 10.6 Å². The molecule has 4 fully saturated rings. The third-order valence-electron chi connectivity index (χ3n) is 8.89. The SMILES string of the molecule is CC(C)(C)PC(c1ccccc1CP(c1cccnc1)c1cccnc1)C12CC3CC(CC(C3)C1)C2. The molecule has 4 aliphatic carbocycles. The van der Waals surface area contributed by atoms with Crippen molar-refractivity contribution in [1.82, 2.24) is 9.97 Å². The van der Waals surface area contributed by atoms with Gasteiger partial charge >= 0.3 is 0 Å². The van der Waals surface area contributed by atoms with Crippen molar-refractivity contribution >= 4 is 27.1 Å². The second-order valence-corrected chi connectivity index (χ2v) is 17.4. The Labute approximate surface area is 220 Å². The largest absolute Gasteiger partial charge is 0.264 e. The van der Waals surface area contributed by atoms with Gasteiger partial charge in [0.25, 0.3) is 0 Å². The Balaban J connectivity index is 1.41. The number of pyridine rings is 2. The summed E-state index contributed by atoms with van der Waals surface area (Å²) in [5, 5.41) is 3.04. The van der Waals surface area contributed by atoms with Gasteiger partial charge in [-0.25, -0.2) is 0 Å². The van der Waals surface area contributed by atoms with Gasteiger partial charge < -0.3 is 0 Å². The van der Waals surface area contributed by atoms with Crippen molar-refractivity contribution in [3.05, 3.63) is 84.4 Å². The van der Waals surface area contributed by atoms with Crippen molar-refractivity contribution in [2.24, 2.45) is 23.2 Å². The maximum atomic E-state index is 4.50. The maximum absolute atomic E-state index is 4.50. The minimum Gasteiger partial charge on any atom is -0.264 e. The summed E-state index contributed by atoms with van der Waals surface area (Å²) in [6, 6.07) is 18.3. The van der Waals surface area contributed by atoms with Crippen LogP contribution in [0.15, 0.2) is 73.3 Å². The van der Waals surface area contributed by atoms with E-state index >= 15 is 0 Å². The molecule has 2 atom stereocenters. The van der Waals surface area contributed by atoms with Crippen molar-refractivity contribution in [1.29, 1.82) is 0 Å². The van der Waals surface area contributed by atoms with E-state index < -0.39 is 7.92 Å². The molecule has 0 radical (unpaired) electrons. The highest BCUT2D eigenvalue weighted by molar-refractivity contribution is 7.72. The van der Waals surface area contributed by atoms with E-state index in [4.69, 9.17) is 0 Å². The third kappa shape index (κ3) is 5.06. The molecule has 4 bridgehead atoms. The van der Waals surface area contributed by atoms with Crippen LogP contribution in [0.2, 0.25) is 0 Å². The smallest absolute Gasteiger partial charge is 0.0348 e. The summed E-state index contributed by atoms with van der Waals surface area (Å²) in [5.74, 6) is 2.95. The lowest BCUT2D eigenvalue weighted by atomic mass is 9.48. The maximum Gasteiger partial charge on any atom is 0.0348 e. The highest BCUT2D eigenvalue weighted by Gasteiger charge is 2.55. The van der Waals surface area contributed by atoms with Crippen LogP contribution in [0.5, 0.6) is 0 Å². The molecule has 1 aromatic carbocycles. The molecule has 188 valence electrons. The molecule has 2 heterocycles. The minimum atomic E-state index is -0.556. The Morgan fingerprint density at radius 2 is 1.39 bits per heavy atom.